The molecule has 3 N–H and O–H groups in total. The Bertz CT molecular complexity index is 508. The fourth-order valence-electron chi connectivity index (χ4n) is 5.29. The van der Waals surface area contributed by atoms with Crippen LogP contribution in [0.15, 0.2) is 0 Å². The first-order valence-corrected chi connectivity index (χ1v) is 16.5. The van der Waals surface area contributed by atoms with Crippen LogP contribution >= 0.6 is 0 Å². The van der Waals surface area contributed by atoms with Gasteiger partial charge in [0.2, 0.25) is 5.60 Å². The van der Waals surface area contributed by atoms with Gasteiger partial charge in [-0.1, -0.05) is 155 Å². The number of aliphatic hydroxyl groups is 3. The fourth-order valence-corrected chi connectivity index (χ4v) is 5.29. The summed E-state index contributed by atoms with van der Waals surface area (Å²) in [5, 5.41) is 30.4. The van der Waals surface area contributed by atoms with Crippen molar-refractivity contribution in [1.29, 1.82) is 0 Å². The van der Waals surface area contributed by atoms with E-state index in [9.17, 15) is 24.9 Å². The second kappa shape index (κ2) is 26.4. The Hall–Kier alpha value is -0.780. The second-order valence-electron chi connectivity index (χ2n) is 11.6. The lowest BCUT2D eigenvalue weighted by atomic mass is 9.82. The summed E-state index contributed by atoms with van der Waals surface area (Å²) in [5.41, 5.74) is -2.47. The van der Waals surface area contributed by atoms with Crippen LogP contribution in [0, 0.1) is 0 Å². The molecule has 38 heavy (non-hydrogen) atoms. The van der Waals surface area contributed by atoms with Gasteiger partial charge in [-0.2, -0.15) is 0 Å². The summed E-state index contributed by atoms with van der Waals surface area (Å²) < 4.78 is 0. The van der Waals surface area contributed by atoms with Crippen molar-refractivity contribution in [2.24, 2.45) is 0 Å². The highest BCUT2D eigenvalue weighted by molar-refractivity contribution is 6.10. The van der Waals surface area contributed by atoms with Gasteiger partial charge in [0.15, 0.2) is 11.6 Å². The Kier molecular flexibility index (Phi) is 25.9. The van der Waals surface area contributed by atoms with Crippen LogP contribution in [-0.2, 0) is 9.59 Å². The van der Waals surface area contributed by atoms with Crippen molar-refractivity contribution in [3.05, 3.63) is 0 Å². The summed E-state index contributed by atoms with van der Waals surface area (Å²) in [6.07, 6.45) is 26.5. The average molecular weight is 541 g/mol. The predicted octanol–water partition coefficient (Wildman–Crippen LogP) is 8.39. The van der Waals surface area contributed by atoms with Crippen LogP contribution in [0.25, 0.3) is 0 Å². The Balaban J connectivity index is 4.04. The molecule has 0 aromatic carbocycles. The van der Waals surface area contributed by atoms with Gasteiger partial charge in [-0.3, -0.25) is 9.59 Å². The molecule has 0 aliphatic rings. The first kappa shape index (κ1) is 37.2. The third-order valence-electron chi connectivity index (χ3n) is 8.02. The molecule has 0 aromatic heterocycles. The molecule has 0 bridgehead atoms. The van der Waals surface area contributed by atoms with E-state index in [0.29, 0.717) is 12.8 Å². The highest BCUT2D eigenvalue weighted by Crippen LogP contribution is 2.22. The highest BCUT2D eigenvalue weighted by Gasteiger charge is 2.48. The van der Waals surface area contributed by atoms with Gasteiger partial charge in [0, 0.05) is 12.8 Å². The maximum Gasteiger partial charge on any atom is 0.209 e. The summed E-state index contributed by atoms with van der Waals surface area (Å²) in [6, 6.07) is 0. The predicted molar refractivity (Wildman–Crippen MR) is 159 cm³/mol. The van der Waals surface area contributed by atoms with Gasteiger partial charge in [-0.05, 0) is 12.8 Å². The van der Waals surface area contributed by atoms with Crippen molar-refractivity contribution in [1.82, 2.24) is 0 Å². The van der Waals surface area contributed by atoms with E-state index < -0.39 is 29.9 Å². The number of hydrogen-bond acceptors (Lipinski definition) is 5. The summed E-state index contributed by atoms with van der Waals surface area (Å²) >= 11 is 0. The van der Waals surface area contributed by atoms with Crippen LogP contribution in [-0.4, -0.2) is 45.2 Å². The number of unbranched alkanes of at least 4 members (excludes halogenated alkanes) is 22. The summed E-state index contributed by atoms with van der Waals surface area (Å²) in [7, 11) is 0. The maximum absolute atomic E-state index is 12.8. The molecule has 0 saturated carbocycles. The summed E-state index contributed by atoms with van der Waals surface area (Å²) in [6.45, 7) is 3.67. The number of ketones is 2. The van der Waals surface area contributed by atoms with Gasteiger partial charge in [0.05, 0.1) is 6.61 Å². The quantitative estimate of drug-likeness (QED) is 0.0628. The first-order chi connectivity index (χ1) is 18.4. The molecule has 1 unspecified atom stereocenters. The normalized spacial score (nSPS) is 12.7. The molecule has 0 radical (unpaired) electrons. The van der Waals surface area contributed by atoms with E-state index in [1.807, 2.05) is 0 Å². The zero-order valence-corrected chi connectivity index (χ0v) is 25.3. The zero-order chi connectivity index (χ0) is 28.3. The lowest BCUT2D eigenvalue weighted by molar-refractivity contribution is -0.166. The molecule has 0 fully saturated rings. The molecule has 0 amide bonds. The minimum absolute atomic E-state index is 0.0647. The van der Waals surface area contributed by atoms with Crippen molar-refractivity contribution in [3.63, 3.8) is 0 Å². The van der Waals surface area contributed by atoms with Gasteiger partial charge in [0.1, 0.15) is 6.10 Å². The minimum Gasteiger partial charge on any atom is -0.394 e. The number of Topliss-reactive ketones (excluding diaryl/α,β-unsaturated/α-hetero) is 2. The van der Waals surface area contributed by atoms with Crippen molar-refractivity contribution in [2.45, 2.75) is 192 Å². The van der Waals surface area contributed by atoms with E-state index in [4.69, 9.17) is 0 Å². The van der Waals surface area contributed by atoms with Crippen molar-refractivity contribution >= 4 is 11.6 Å². The van der Waals surface area contributed by atoms with E-state index in [1.165, 1.54) is 103 Å². The molecule has 0 heterocycles. The number of carbonyl (C=O) groups excluding carboxylic acids is 2. The Morgan fingerprint density at radius 3 is 0.974 bits per heavy atom. The summed E-state index contributed by atoms with van der Waals surface area (Å²) in [4.78, 5) is 25.5. The topological polar surface area (TPSA) is 94.8 Å². The van der Waals surface area contributed by atoms with Crippen molar-refractivity contribution < 1.29 is 24.9 Å². The smallest absolute Gasteiger partial charge is 0.209 e. The number of hydrogen-bond donors (Lipinski definition) is 3. The van der Waals surface area contributed by atoms with Gasteiger partial charge in [-0.15, -0.1) is 0 Å². The van der Waals surface area contributed by atoms with E-state index >= 15 is 0 Å². The molecular formula is C33H64O5. The van der Waals surface area contributed by atoms with Crippen LogP contribution in [0.3, 0.4) is 0 Å². The molecule has 5 nitrogen and oxygen atoms in total. The molecular weight excluding hydrogens is 476 g/mol. The lowest BCUT2D eigenvalue weighted by Gasteiger charge is -2.29. The van der Waals surface area contributed by atoms with E-state index in [0.717, 1.165) is 38.5 Å². The van der Waals surface area contributed by atoms with Gasteiger partial charge >= 0.3 is 0 Å². The summed E-state index contributed by atoms with van der Waals surface area (Å²) in [5.74, 6) is -1.29. The van der Waals surface area contributed by atoms with Crippen LogP contribution in [0.2, 0.25) is 0 Å². The van der Waals surface area contributed by atoms with Crippen LogP contribution in [0.5, 0.6) is 0 Å². The average Bonchev–Trinajstić information content (AvgIpc) is 2.92. The molecule has 1 atom stereocenters. The third-order valence-corrected chi connectivity index (χ3v) is 8.02. The largest absolute Gasteiger partial charge is 0.394 e. The monoisotopic (exact) mass is 540 g/mol. The Morgan fingerprint density at radius 2 is 0.737 bits per heavy atom. The lowest BCUT2D eigenvalue weighted by Crippen LogP contribution is -2.57. The van der Waals surface area contributed by atoms with E-state index in [-0.39, 0.29) is 12.8 Å². The molecule has 0 saturated heterocycles. The molecule has 5 heteroatoms. The molecule has 0 rings (SSSR count). The Morgan fingerprint density at radius 1 is 0.500 bits per heavy atom. The van der Waals surface area contributed by atoms with Crippen molar-refractivity contribution in [2.75, 3.05) is 6.61 Å². The molecule has 0 spiro atoms. The molecule has 226 valence electrons. The Labute approximate surface area is 235 Å². The van der Waals surface area contributed by atoms with Crippen LogP contribution < -0.4 is 0 Å². The number of carbonyl (C=O) groups is 2. The standard InChI is InChI=1S/C33H64O5/c1-3-5-7-9-11-13-15-17-19-21-23-25-27-30(35)33(38,32(37)29-34)31(36)28-26-24-22-20-18-16-14-12-10-8-6-4-2/h32,34,37-38H,3-29H2,1-2H3. The van der Waals surface area contributed by atoms with Crippen LogP contribution in [0.1, 0.15) is 181 Å². The number of rotatable bonds is 30. The second-order valence-corrected chi connectivity index (χ2v) is 11.6. The zero-order valence-electron chi connectivity index (χ0n) is 25.3. The molecule has 0 aromatic rings. The molecule has 0 aliphatic carbocycles. The van der Waals surface area contributed by atoms with Crippen molar-refractivity contribution in [3.8, 4) is 0 Å². The fraction of sp³-hybridized carbons (Fsp3) is 0.939. The molecule has 0 aliphatic heterocycles. The van der Waals surface area contributed by atoms with E-state index in [2.05, 4.69) is 13.8 Å². The SMILES string of the molecule is CCCCCCCCCCCCCCC(=O)C(O)(C(=O)CCCCCCCCCCCCCC)C(O)CO. The van der Waals surface area contributed by atoms with Crippen LogP contribution in [0.4, 0.5) is 0 Å². The maximum atomic E-state index is 12.8. The van der Waals surface area contributed by atoms with Gasteiger partial charge in [-0.25, -0.2) is 0 Å². The van der Waals surface area contributed by atoms with Gasteiger partial charge < -0.3 is 15.3 Å². The van der Waals surface area contributed by atoms with E-state index in [1.54, 1.807) is 0 Å². The van der Waals surface area contributed by atoms with Gasteiger partial charge in [0.25, 0.3) is 0 Å². The first-order valence-electron chi connectivity index (χ1n) is 16.5. The minimum atomic E-state index is -2.47. The number of aliphatic hydroxyl groups excluding tert-OH is 2. The highest BCUT2D eigenvalue weighted by atomic mass is 16.4. The third kappa shape index (κ3) is 18.5.